The van der Waals surface area contributed by atoms with Gasteiger partial charge in [-0.3, -0.25) is 4.79 Å². The summed E-state index contributed by atoms with van der Waals surface area (Å²) in [6.07, 6.45) is 3.75. The van der Waals surface area contributed by atoms with Crippen molar-refractivity contribution in [1.29, 1.82) is 0 Å². The molecule has 0 fully saturated rings. The summed E-state index contributed by atoms with van der Waals surface area (Å²) in [4.78, 5) is 18.5. The zero-order valence-electron chi connectivity index (χ0n) is 21.0. The lowest BCUT2D eigenvalue weighted by Gasteiger charge is -2.09. The first-order valence-corrected chi connectivity index (χ1v) is 12.7. The number of fused-ring (bicyclic) bond motifs is 1. The molecule has 3 heterocycles. The molecule has 0 bridgehead atoms. The number of methoxy groups -OCH3 is 2. The molecular formula is C29H23N5O3S. The maximum Gasteiger partial charge on any atom is 0.291 e. The molecular weight excluding hydrogens is 498 g/mol. The van der Waals surface area contributed by atoms with Gasteiger partial charge in [-0.1, -0.05) is 53.8 Å². The zero-order valence-corrected chi connectivity index (χ0v) is 21.8. The first-order valence-electron chi connectivity index (χ1n) is 11.9. The molecule has 3 aromatic heterocycles. The van der Waals surface area contributed by atoms with Crippen molar-refractivity contribution in [2.75, 3.05) is 14.2 Å². The Morgan fingerprint density at radius 3 is 2.39 bits per heavy atom. The largest absolute Gasteiger partial charge is 0.493 e. The molecule has 0 aliphatic carbocycles. The number of hydrogen-bond acceptors (Lipinski definition) is 7. The Bertz CT molecular complexity index is 1890. The molecule has 6 aromatic rings. The molecule has 0 saturated carbocycles. The highest BCUT2D eigenvalue weighted by Crippen LogP contribution is 2.33. The Labute approximate surface area is 222 Å². The highest BCUT2D eigenvalue weighted by Gasteiger charge is 2.17. The quantitative estimate of drug-likeness (QED) is 0.320. The summed E-state index contributed by atoms with van der Waals surface area (Å²) < 4.78 is 14.6. The standard InChI is InChI=1S/C29H23N5O3S/c1-18-9-7-8-12-22(18)27-30-29-34(32-27)28(35)25(38-29)16-20-17-33(21-10-5-4-6-11-21)31-26(20)19-13-14-23(36-2)24(15-19)37-3/h4-17H,1-3H3/b25-16-. The van der Waals surface area contributed by atoms with Crippen molar-refractivity contribution in [3.8, 4) is 39.8 Å². The lowest BCUT2D eigenvalue weighted by Crippen LogP contribution is -2.23. The molecule has 0 N–H and O–H groups in total. The summed E-state index contributed by atoms with van der Waals surface area (Å²) in [5.74, 6) is 1.76. The summed E-state index contributed by atoms with van der Waals surface area (Å²) in [5, 5.41) is 9.38. The van der Waals surface area contributed by atoms with E-state index in [1.54, 1.807) is 18.9 Å². The Morgan fingerprint density at radius 2 is 1.66 bits per heavy atom. The SMILES string of the molecule is COc1ccc(-c2nn(-c3ccccc3)cc2/C=c2\sc3nc(-c4ccccc4C)nn3c2=O)cc1OC. The van der Waals surface area contributed by atoms with Crippen LogP contribution in [-0.2, 0) is 0 Å². The van der Waals surface area contributed by atoms with Crippen LogP contribution in [0.25, 0.3) is 39.4 Å². The van der Waals surface area contributed by atoms with Crippen LogP contribution >= 0.6 is 11.3 Å². The minimum atomic E-state index is -0.219. The average Bonchev–Trinajstić information content (AvgIpc) is 3.64. The van der Waals surface area contributed by atoms with Crippen LogP contribution in [0.15, 0.2) is 83.8 Å². The number of rotatable bonds is 6. The van der Waals surface area contributed by atoms with Crippen molar-refractivity contribution < 1.29 is 9.47 Å². The van der Waals surface area contributed by atoms with E-state index in [-0.39, 0.29) is 5.56 Å². The van der Waals surface area contributed by atoms with Gasteiger partial charge < -0.3 is 9.47 Å². The third kappa shape index (κ3) is 4.12. The second-order valence-electron chi connectivity index (χ2n) is 8.64. The molecule has 0 atom stereocenters. The van der Waals surface area contributed by atoms with Crippen LogP contribution in [0.4, 0.5) is 0 Å². The fraction of sp³-hybridized carbons (Fsp3) is 0.103. The second kappa shape index (κ2) is 9.60. The number of nitrogens with zero attached hydrogens (tertiary/aromatic N) is 5. The summed E-state index contributed by atoms with van der Waals surface area (Å²) >= 11 is 1.30. The van der Waals surface area contributed by atoms with Gasteiger partial charge in [-0.2, -0.15) is 14.6 Å². The number of para-hydroxylation sites is 1. The summed E-state index contributed by atoms with van der Waals surface area (Å²) in [5.41, 5.74) is 4.96. The molecule has 0 amide bonds. The maximum absolute atomic E-state index is 13.3. The molecule has 0 unspecified atom stereocenters. The van der Waals surface area contributed by atoms with Crippen LogP contribution in [0.3, 0.4) is 0 Å². The Morgan fingerprint density at radius 1 is 0.895 bits per heavy atom. The summed E-state index contributed by atoms with van der Waals surface area (Å²) in [7, 11) is 3.20. The van der Waals surface area contributed by atoms with E-state index >= 15 is 0 Å². The van der Waals surface area contributed by atoms with E-state index in [0.29, 0.717) is 32.5 Å². The van der Waals surface area contributed by atoms with Gasteiger partial charge in [-0.25, -0.2) is 4.68 Å². The lowest BCUT2D eigenvalue weighted by atomic mass is 10.1. The first-order chi connectivity index (χ1) is 18.6. The smallest absolute Gasteiger partial charge is 0.291 e. The molecule has 0 radical (unpaired) electrons. The van der Waals surface area contributed by atoms with Gasteiger partial charge in [0.05, 0.1) is 24.4 Å². The van der Waals surface area contributed by atoms with Crippen LogP contribution in [-0.4, -0.2) is 38.6 Å². The van der Waals surface area contributed by atoms with Gasteiger partial charge in [0, 0.05) is 22.9 Å². The van der Waals surface area contributed by atoms with Crippen molar-refractivity contribution in [2.24, 2.45) is 0 Å². The van der Waals surface area contributed by atoms with Gasteiger partial charge in [0.15, 0.2) is 17.3 Å². The van der Waals surface area contributed by atoms with E-state index in [1.807, 2.05) is 92.0 Å². The fourth-order valence-electron chi connectivity index (χ4n) is 4.33. The van der Waals surface area contributed by atoms with E-state index < -0.39 is 0 Å². The lowest BCUT2D eigenvalue weighted by molar-refractivity contribution is 0.355. The van der Waals surface area contributed by atoms with Crippen LogP contribution < -0.4 is 19.6 Å². The van der Waals surface area contributed by atoms with Gasteiger partial charge in [0.1, 0.15) is 5.69 Å². The number of aryl methyl sites for hydroxylation is 1. The molecule has 3 aromatic carbocycles. The van der Waals surface area contributed by atoms with E-state index in [4.69, 9.17) is 14.6 Å². The Kier molecular flexibility index (Phi) is 5.97. The normalized spacial score (nSPS) is 11.8. The van der Waals surface area contributed by atoms with Crippen molar-refractivity contribution >= 4 is 22.4 Å². The van der Waals surface area contributed by atoms with Crippen LogP contribution in [0, 0.1) is 6.92 Å². The predicted octanol–water partition coefficient (Wildman–Crippen LogP) is 4.54. The molecule has 188 valence electrons. The monoisotopic (exact) mass is 521 g/mol. The van der Waals surface area contributed by atoms with Gasteiger partial charge in [0.25, 0.3) is 5.56 Å². The number of aromatic nitrogens is 5. The third-order valence-electron chi connectivity index (χ3n) is 6.27. The van der Waals surface area contributed by atoms with E-state index in [1.165, 1.54) is 15.9 Å². The van der Waals surface area contributed by atoms with Gasteiger partial charge in [-0.05, 0) is 48.9 Å². The number of benzene rings is 3. The minimum absolute atomic E-state index is 0.219. The molecule has 0 aliphatic heterocycles. The summed E-state index contributed by atoms with van der Waals surface area (Å²) in [6, 6.07) is 23.3. The molecule has 0 spiro atoms. The minimum Gasteiger partial charge on any atom is -0.493 e. The molecule has 38 heavy (non-hydrogen) atoms. The molecule has 0 aliphatic rings. The molecule has 9 heteroatoms. The second-order valence-corrected chi connectivity index (χ2v) is 9.65. The van der Waals surface area contributed by atoms with Crippen LogP contribution in [0.2, 0.25) is 0 Å². The molecule has 8 nitrogen and oxygen atoms in total. The number of thiazole rings is 1. The van der Waals surface area contributed by atoms with Crippen molar-refractivity contribution in [1.82, 2.24) is 24.4 Å². The zero-order chi connectivity index (χ0) is 26.2. The van der Waals surface area contributed by atoms with Crippen molar-refractivity contribution in [3.05, 3.63) is 105 Å². The first kappa shape index (κ1) is 23.6. The van der Waals surface area contributed by atoms with Gasteiger partial charge in [0.2, 0.25) is 4.96 Å². The third-order valence-corrected chi connectivity index (χ3v) is 7.23. The highest BCUT2D eigenvalue weighted by atomic mass is 32.1. The van der Waals surface area contributed by atoms with Crippen LogP contribution in [0.5, 0.6) is 11.5 Å². The summed E-state index contributed by atoms with van der Waals surface area (Å²) in [6.45, 7) is 2.00. The molecule has 0 saturated heterocycles. The topological polar surface area (TPSA) is 83.5 Å². The average molecular weight is 522 g/mol. The van der Waals surface area contributed by atoms with E-state index in [2.05, 4.69) is 10.1 Å². The van der Waals surface area contributed by atoms with Crippen molar-refractivity contribution in [3.63, 3.8) is 0 Å². The fourth-order valence-corrected chi connectivity index (χ4v) is 5.23. The van der Waals surface area contributed by atoms with Gasteiger partial charge >= 0.3 is 0 Å². The highest BCUT2D eigenvalue weighted by molar-refractivity contribution is 7.15. The number of hydrogen-bond donors (Lipinski definition) is 0. The predicted molar refractivity (Wildman–Crippen MR) is 148 cm³/mol. The van der Waals surface area contributed by atoms with Gasteiger partial charge in [-0.15, -0.1) is 5.10 Å². The Balaban J connectivity index is 1.50. The van der Waals surface area contributed by atoms with Crippen LogP contribution in [0.1, 0.15) is 11.1 Å². The van der Waals surface area contributed by atoms with E-state index in [9.17, 15) is 4.79 Å². The maximum atomic E-state index is 13.3. The number of ether oxygens (including phenoxy) is 2. The van der Waals surface area contributed by atoms with Crippen molar-refractivity contribution in [2.45, 2.75) is 6.92 Å². The Hall–Kier alpha value is -4.76. The molecule has 6 rings (SSSR count). The van der Waals surface area contributed by atoms with E-state index in [0.717, 1.165) is 27.9 Å².